The van der Waals surface area contributed by atoms with Crippen LogP contribution >= 0.6 is 0 Å². The van der Waals surface area contributed by atoms with Crippen LogP contribution in [-0.2, 0) is 0 Å². The summed E-state index contributed by atoms with van der Waals surface area (Å²) in [7, 11) is 0. The molecule has 0 bridgehead atoms. The minimum absolute atomic E-state index is 0.0633. The fourth-order valence-corrected chi connectivity index (χ4v) is 3.15. The Morgan fingerprint density at radius 2 is 2.05 bits per heavy atom. The standard InChI is InChI=1S/C16H26N4O/c1-12(2)19-10-9-18-15(16(19)21)20(14-3-4-14)11-13-5-7-17-8-6-13/h9-10,12-14,17H,3-8,11H2,1-2H3. The van der Waals surface area contributed by atoms with Gasteiger partial charge in [0.05, 0.1) is 0 Å². The molecule has 0 atom stereocenters. The van der Waals surface area contributed by atoms with Gasteiger partial charge in [0, 0.05) is 31.0 Å². The molecule has 1 saturated heterocycles. The molecule has 1 aromatic heterocycles. The topological polar surface area (TPSA) is 50.2 Å². The molecule has 0 amide bonds. The number of nitrogens with zero attached hydrogens (tertiary/aromatic N) is 3. The second-order valence-corrected chi connectivity index (χ2v) is 6.63. The van der Waals surface area contributed by atoms with Crippen molar-refractivity contribution in [3.8, 4) is 0 Å². The summed E-state index contributed by atoms with van der Waals surface area (Å²) < 4.78 is 1.79. The van der Waals surface area contributed by atoms with Gasteiger partial charge in [0.25, 0.3) is 5.56 Å². The predicted molar refractivity (Wildman–Crippen MR) is 84.8 cm³/mol. The maximum absolute atomic E-state index is 12.7. The van der Waals surface area contributed by atoms with Gasteiger partial charge < -0.3 is 14.8 Å². The van der Waals surface area contributed by atoms with Gasteiger partial charge >= 0.3 is 0 Å². The molecule has 0 spiro atoms. The van der Waals surface area contributed by atoms with E-state index in [0.717, 1.165) is 19.6 Å². The van der Waals surface area contributed by atoms with Gasteiger partial charge in [0.2, 0.25) is 0 Å². The van der Waals surface area contributed by atoms with Crippen LogP contribution in [0.3, 0.4) is 0 Å². The van der Waals surface area contributed by atoms with Crippen molar-refractivity contribution in [2.45, 2.75) is 51.6 Å². The summed E-state index contributed by atoms with van der Waals surface area (Å²) in [5.74, 6) is 1.34. The van der Waals surface area contributed by atoms with Gasteiger partial charge in [-0.05, 0) is 58.5 Å². The normalized spacial score (nSPS) is 20.0. The van der Waals surface area contributed by atoms with E-state index in [9.17, 15) is 4.79 Å². The molecule has 1 N–H and O–H groups in total. The van der Waals surface area contributed by atoms with Crippen LogP contribution in [0.4, 0.5) is 5.82 Å². The summed E-state index contributed by atoms with van der Waals surface area (Å²) in [5, 5.41) is 3.41. The van der Waals surface area contributed by atoms with Crippen LogP contribution in [0.1, 0.15) is 45.6 Å². The van der Waals surface area contributed by atoms with E-state index in [4.69, 9.17) is 0 Å². The van der Waals surface area contributed by atoms with Crippen molar-refractivity contribution < 1.29 is 0 Å². The number of hydrogen-bond donors (Lipinski definition) is 1. The first-order chi connectivity index (χ1) is 10.2. The van der Waals surface area contributed by atoms with Crippen LogP contribution in [0.2, 0.25) is 0 Å². The molecule has 0 unspecified atom stereocenters. The Kier molecular flexibility index (Phi) is 4.29. The molecule has 1 aliphatic carbocycles. The van der Waals surface area contributed by atoms with Gasteiger partial charge in [-0.2, -0.15) is 0 Å². The minimum atomic E-state index is 0.0633. The molecule has 0 aromatic carbocycles. The SMILES string of the molecule is CC(C)n1ccnc(N(CC2CCNCC2)C2CC2)c1=O. The van der Waals surface area contributed by atoms with Gasteiger partial charge in [0.15, 0.2) is 5.82 Å². The van der Waals surface area contributed by atoms with Crippen LogP contribution < -0.4 is 15.8 Å². The molecule has 2 heterocycles. The molecule has 1 aromatic rings. The molecule has 5 nitrogen and oxygen atoms in total. The second kappa shape index (κ2) is 6.18. The summed E-state index contributed by atoms with van der Waals surface area (Å²) in [4.78, 5) is 19.4. The summed E-state index contributed by atoms with van der Waals surface area (Å²) in [6.07, 6.45) is 8.37. The van der Waals surface area contributed by atoms with Crippen molar-refractivity contribution in [3.63, 3.8) is 0 Å². The zero-order valence-corrected chi connectivity index (χ0v) is 13.1. The lowest BCUT2D eigenvalue weighted by molar-refractivity contribution is 0.371. The summed E-state index contributed by atoms with van der Waals surface area (Å²) in [6, 6.07) is 0.710. The van der Waals surface area contributed by atoms with Gasteiger partial charge in [-0.25, -0.2) is 4.98 Å². The van der Waals surface area contributed by atoms with E-state index < -0.39 is 0 Å². The highest BCUT2D eigenvalue weighted by Gasteiger charge is 2.33. The third-order valence-electron chi connectivity index (χ3n) is 4.58. The average molecular weight is 290 g/mol. The molecule has 1 aliphatic heterocycles. The number of nitrogens with one attached hydrogen (secondary N) is 1. The molecule has 0 radical (unpaired) electrons. The van der Waals surface area contributed by atoms with Crippen molar-refractivity contribution in [1.82, 2.24) is 14.9 Å². The first kappa shape index (κ1) is 14.6. The van der Waals surface area contributed by atoms with Gasteiger partial charge in [0.1, 0.15) is 0 Å². The van der Waals surface area contributed by atoms with Crippen molar-refractivity contribution in [2.75, 3.05) is 24.5 Å². The number of rotatable bonds is 5. The summed E-state index contributed by atoms with van der Waals surface area (Å²) >= 11 is 0. The van der Waals surface area contributed by atoms with Crippen LogP contribution in [0.15, 0.2) is 17.2 Å². The van der Waals surface area contributed by atoms with E-state index in [1.807, 2.05) is 13.8 Å². The maximum Gasteiger partial charge on any atom is 0.293 e. The Balaban J connectivity index is 1.84. The largest absolute Gasteiger partial charge is 0.349 e. The fraction of sp³-hybridized carbons (Fsp3) is 0.750. The number of aromatic nitrogens is 2. The first-order valence-corrected chi connectivity index (χ1v) is 8.21. The fourth-order valence-electron chi connectivity index (χ4n) is 3.15. The van der Waals surface area contributed by atoms with E-state index in [-0.39, 0.29) is 11.6 Å². The van der Waals surface area contributed by atoms with E-state index in [1.54, 1.807) is 17.0 Å². The number of anilines is 1. The third kappa shape index (κ3) is 3.28. The Bertz CT molecular complexity index is 529. The molecule has 5 heteroatoms. The monoisotopic (exact) mass is 290 g/mol. The summed E-state index contributed by atoms with van der Waals surface area (Å²) in [6.45, 7) is 7.26. The van der Waals surface area contributed by atoms with E-state index in [2.05, 4.69) is 15.2 Å². The first-order valence-electron chi connectivity index (χ1n) is 8.21. The zero-order chi connectivity index (χ0) is 14.8. The van der Waals surface area contributed by atoms with Crippen LogP contribution in [0, 0.1) is 5.92 Å². The van der Waals surface area contributed by atoms with E-state index in [1.165, 1.54) is 25.7 Å². The van der Waals surface area contributed by atoms with E-state index in [0.29, 0.717) is 17.8 Å². The Labute approximate surface area is 126 Å². The van der Waals surface area contributed by atoms with Crippen LogP contribution in [-0.4, -0.2) is 35.2 Å². The Morgan fingerprint density at radius 1 is 1.33 bits per heavy atom. The van der Waals surface area contributed by atoms with Crippen molar-refractivity contribution in [1.29, 1.82) is 0 Å². The van der Waals surface area contributed by atoms with E-state index >= 15 is 0 Å². The molecule has 1 saturated carbocycles. The lowest BCUT2D eigenvalue weighted by atomic mass is 9.97. The number of hydrogen-bond acceptors (Lipinski definition) is 4. The highest BCUT2D eigenvalue weighted by atomic mass is 16.1. The van der Waals surface area contributed by atoms with Crippen LogP contribution in [0.5, 0.6) is 0 Å². The number of piperidine rings is 1. The Hall–Kier alpha value is -1.36. The van der Waals surface area contributed by atoms with Crippen molar-refractivity contribution in [2.24, 2.45) is 5.92 Å². The quantitative estimate of drug-likeness (QED) is 0.898. The smallest absolute Gasteiger partial charge is 0.293 e. The van der Waals surface area contributed by atoms with Crippen LogP contribution in [0.25, 0.3) is 0 Å². The summed E-state index contributed by atoms with van der Waals surface area (Å²) in [5.41, 5.74) is 0.0633. The molecule has 116 valence electrons. The van der Waals surface area contributed by atoms with Gasteiger partial charge in [-0.3, -0.25) is 4.79 Å². The zero-order valence-electron chi connectivity index (χ0n) is 13.1. The lowest BCUT2D eigenvalue weighted by Crippen LogP contribution is -2.41. The minimum Gasteiger partial charge on any atom is -0.349 e. The second-order valence-electron chi connectivity index (χ2n) is 6.63. The molecular formula is C16H26N4O. The molecule has 2 aliphatic rings. The highest BCUT2D eigenvalue weighted by Crippen LogP contribution is 2.31. The van der Waals surface area contributed by atoms with Crippen molar-refractivity contribution in [3.05, 3.63) is 22.7 Å². The third-order valence-corrected chi connectivity index (χ3v) is 4.58. The molecule has 2 fully saturated rings. The van der Waals surface area contributed by atoms with Crippen molar-refractivity contribution >= 4 is 5.82 Å². The molecule has 3 rings (SSSR count). The van der Waals surface area contributed by atoms with Gasteiger partial charge in [-0.15, -0.1) is 0 Å². The van der Waals surface area contributed by atoms with Gasteiger partial charge in [-0.1, -0.05) is 0 Å². The molecular weight excluding hydrogens is 264 g/mol. The maximum atomic E-state index is 12.7. The Morgan fingerprint density at radius 3 is 2.67 bits per heavy atom. The molecule has 21 heavy (non-hydrogen) atoms. The average Bonchev–Trinajstić information content (AvgIpc) is 3.31. The highest BCUT2D eigenvalue weighted by molar-refractivity contribution is 5.39. The predicted octanol–water partition coefficient (Wildman–Crippen LogP) is 1.79. The lowest BCUT2D eigenvalue weighted by Gasteiger charge is -2.31.